The lowest BCUT2D eigenvalue weighted by Gasteiger charge is -2.25. The van der Waals surface area contributed by atoms with Gasteiger partial charge in [-0.1, -0.05) is 37.6 Å². The van der Waals surface area contributed by atoms with Gasteiger partial charge in [-0.15, -0.1) is 0 Å². The van der Waals surface area contributed by atoms with Crippen molar-refractivity contribution in [1.82, 2.24) is 0 Å². The number of aliphatic carboxylic acids is 1. The minimum absolute atomic E-state index is 0.222. The van der Waals surface area contributed by atoms with Gasteiger partial charge in [-0.2, -0.15) is 0 Å². The molecule has 1 saturated carbocycles. The number of carboxylic acid groups (broad SMARTS) is 1. The van der Waals surface area contributed by atoms with E-state index in [-0.39, 0.29) is 13.0 Å². The molecular formula is C15H22O3. The zero-order valence-electron chi connectivity index (χ0n) is 10.9. The zero-order chi connectivity index (χ0) is 13.4. The van der Waals surface area contributed by atoms with E-state index in [9.17, 15) is 4.79 Å². The second-order valence-electron chi connectivity index (χ2n) is 4.59. The van der Waals surface area contributed by atoms with Crippen molar-refractivity contribution in [2.24, 2.45) is 0 Å². The Balaban J connectivity index is 0.000000280. The van der Waals surface area contributed by atoms with Crippen molar-refractivity contribution in [3.63, 3.8) is 0 Å². The van der Waals surface area contributed by atoms with Crippen LogP contribution < -0.4 is 0 Å². The average molecular weight is 250 g/mol. The molecule has 1 aliphatic carbocycles. The van der Waals surface area contributed by atoms with E-state index in [2.05, 4.69) is 24.3 Å². The molecule has 0 heterocycles. The molecule has 0 saturated heterocycles. The first kappa shape index (κ1) is 14.7. The lowest BCUT2D eigenvalue weighted by molar-refractivity contribution is -0.136. The molecule has 0 radical (unpaired) electrons. The van der Waals surface area contributed by atoms with Crippen LogP contribution in [-0.4, -0.2) is 22.8 Å². The molecule has 3 nitrogen and oxygen atoms in total. The summed E-state index contributed by atoms with van der Waals surface area (Å²) in [6.45, 7) is 1.85. The van der Waals surface area contributed by atoms with Crippen LogP contribution in [0.5, 0.6) is 0 Å². The monoisotopic (exact) mass is 250 g/mol. The Labute approximate surface area is 108 Å². The van der Waals surface area contributed by atoms with E-state index >= 15 is 0 Å². The third-order valence-electron chi connectivity index (χ3n) is 3.26. The quantitative estimate of drug-likeness (QED) is 0.863. The van der Waals surface area contributed by atoms with Crippen molar-refractivity contribution in [1.29, 1.82) is 0 Å². The van der Waals surface area contributed by atoms with Gasteiger partial charge in [0.25, 0.3) is 0 Å². The highest BCUT2D eigenvalue weighted by Crippen LogP contribution is 2.36. The summed E-state index contributed by atoms with van der Waals surface area (Å²) in [5, 5.41) is 16.5. The zero-order valence-corrected chi connectivity index (χ0v) is 10.9. The van der Waals surface area contributed by atoms with Gasteiger partial charge in [0.05, 0.1) is 0 Å². The lowest BCUT2D eigenvalue weighted by Crippen LogP contribution is -2.08. The summed E-state index contributed by atoms with van der Waals surface area (Å²) in [5.74, 6) is 0.0770. The highest BCUT2D eigenvalue weighted by atomic mass is 16.4. The third-order valence-corrected chi connectivity index (χ3v) is 3.26. The van der Waals surface area contributed by atoms with Gasteiger partial charge in [0, 0.05) is 13.0 Å². The third kappa shape index (κ3) is 4.88. The summed E-state index contributed by atoms with van der Waals surface area (Å²) in [5.41, 5.74) is 2.72. The number of benzene rings is 1. The molecule has 0 atom stereocenters. The molecule has 1 aromatic rings. The van der Waals surface area contributed by atoms with Crippen LogP contribution in [0, 0.1) is 0 Å². The molecule has 0 unspecified atom stereocenters. The molecule has 3 heteroatoms. The van der Waals surface area contributed by atoms with Crippen molar-refractivity contribution in [3.05, 3.63) is 35.4 Å². The van der Waals surface area contributed by atoms with Crippen molar-refractivity contribution in [2.45, 2.75) is 44.9 Å². The average Bonchev–Trinajstić information content (AvgIpc) is 2.30. The first-order valence-electron chi connectivity index (χ1n) is 6.58. The van der Waals surface area contributed by atoms with E-state index in [1.165, 1.54) is 30.4 Å². The SMILES string of the molecule is CCC(=O)O.OCCc1ccc(C2CCC2)cc1. The number of aliphatic hydroxyl groups is 1. The number of hydrogen-bond acceptors (Lipinski definition) is 2. The first-order valence-corrected chi connectivity index (χ1v) is 6.58. The van der Waals surface area contributed by atoms with Crippen molar-refractivity contribution < 1.29 is 15.0 Å². The lowest BCUT2D eigenvalue weighted by atomic mass is 9.80. The van der Waals surface area contributed by atoms with Gasteiger partial charge in [-0.25, -0.2) is 0 Å². The fourth-order valence-electron chi connectivity index (χ4n) is 1.83. The number of carbonyl (C=O) groups is 1. The molecule has 0 aliphatic heterocycles. The number of rotatable bonds is 4. The van der Waals surface area contributed by atoms with Gasteiger partial charge in [0.15, 0.2) is 0 Å². The van der Waals surface area contributed by atoms with Gasteiger partial charge >= 0.3 is 5.97 Å². The van der Waals surface area contributed by atoms with Crippen LogP contribution in [0.15, 0.2) is 24.3 Å². The second-order valence-corrected chi connectivity index (χ2v) is 4.59. The summed E-state index contributed by atoms with van der Waals surface area (Å²) >= 11 is 0. The van der Waals surface area contributed by atoms with Crippen LogP contribution in [0.2, 0.25) is 0 Å². The van der Waals surface area contributed by atoms with Crippen molar-refractivity contribution >= 4 is 5.97 Å². The van der Waals surface area contributed by atoms with E-state index in [1.54, 1.807) is 6.92 Å². The van der Waals surface area contributed by atoms with Crippen LogP contribution in [-0.2, 0) is 11.2 Å². The summed E-state index contributed by atoms with van der Waals surface area (Å²) < 4.78 is 0. The van der Waals surface area contributed by atoms with E-state index in [4.69, 9.17) is 10.2 Å². The molecule has 1 fully saturated rings. The number of carboxylic acids is 1. The Kier molecular flexibility index (Phi) is 6.44. The summed E-state index contributed by atoms with van der Waals surface area (Å²) in [6.07, 6.45) is 5.12. The van der Waals surface area contributed by atoms with Gasteiger partial charge in [-0.3, -0.25) is 4.79 Å². The molecule has 0 amide bonds. The molecule has 100 valence electrons. The summed E-state index contributed by atoms with van der Waals surface area (Å²) in [7, 11) is 0. The molecule has 0 spiro atoms. The predicted molar refractivity (Wildman–Crippen MR) is 71.8 cm³/mol. The van der Waals surface area contributed by atoms with Crippen LogP contribution in [0.4, 0.5) is 0 Å². The maximum atomic E-state index is 9.37. The normalized spacial score (nSPS) is 14.3. The smallest absolute Gasteiger partial charge is 0.303 e. The number of hydrogen-bond donors (Lipinski definition) is 2. The van der Waals surface area contributed by atoms with E-state index in [1.807, 2.05) is 0 Å². The Morgan fingerprint density at radius 2 is 1.83 bits per heavy atom. The maximum Gasteiger partial charge on any atom is 0.303 e. The Hall–Kier alpha value is -1.35. The van der Waals surface area contributed by atoms with Crippen LogP contribution >= 0.6 is 0 Å². The first-order chi connectivity index (χ1) is 8.67. The van der Waals surface area contributed by atoms with Crippen molar-refractivity contribution in [2.75, 3.05) is 6.61 Å². The van der Waals surface area contributed by atoms with Gasteiger partial charge in [-0.05, 0) is 36.3 Å². The Morgan fingerprint density at radius 3 is 2.17 bits per heavy atom. The molecule has 0 aromatic heterocycles. The second kappa shape index (κ2) is 7.88. The molecule has 18 heavy (non-hydrogen) atoms. The van der Waals surface area contributed by atoms with E-state index in [0.717, 1.165) is 12.3 Å². The van der Waals surface area contributed by atoms with Crippen LogP contribution in [0.25, 0.3) is 0 Å². The van der Waals surface area contributed by atoms with Crippen LogP contribution in [0.1, 0.15) is 49.7 Å². The van der Waals surface area contributed by atoms with Crippen LogP contribution in [0.3, 0.4) is 0 Å². The minimum Gasteiger partial charge on any atom is -0.481 e. The summed E-state index contributed by atoms with van der Waals surface area (Å²) in [4.78, 5) is 9.37. The largest absolute Gasteiger partial charge is 0.481 e. The van der Waals surface area contributed by atoms with E-state index in [0.29, 0.717) is 0 Å². The molecule has 1 aromatic carbocycles. The standard InChI is InChI=1S/C12H16O.C3H6O2/c13-9-8-10-4-6-12(7-5-10)11-2-1-3-11;1-2-3(4)5/h4-7,11,13H,1-3,8-9H2;2H2,1H3,(H,4,5). The Morgan fingerprint density at radius 1 is 1.28 bits per heavy atom. The fourth-order valence-corrected chi connectivity index (χ4v) is 1.83. The number of aliphatic hydroxyl groups excluding tert-OH is 1. The molecule has 0 bridgehead atoms. The molecule has 1 aliphatic rings. The summed E-state index contributed by atoms with van der Waals surface area (Å²) in [6, 6.07) is 8.72. The van der Waals surface area contributed by atoms with Gasteiger partial charge in [0.2, 0.25) is 0 Å². The topological polar surface area (TPSA) is 57.5 Å². The molecule has 2 rings (SSSR count). The molecular weight excluding hydrogens is 228 g/mol. The molecule has 2 N–H and O–H groups in total. The fraction of sp³-hybridized carbons (Fsp3) is 0.533. The van der Waals surface area contributed by atoms with Gasteiger partial charge < -0.3 is 10.2 Å². The Bertz CT molecular complexity index is 353. The maximum absolute atomic E-state index is 9.37. The van der Waals surface area contributed by atoms with E-state index < -0.39 is 5.97 Å². The minimum atomic E-state index is -0.745. The highest BCUT2D eigenvalue weighted by molar-refractivity contribution is 5.66. The van der Waals surface area contributed by atoms with Gasteiger partial charge in [0.1, 0.15) is 0 Å². The van der Waals surface area contributed by atoms with Crippen molar-refractivity contribution in [3.8, 4) is 0 Å². The predicted octanol–water partition coefficient (Wildman–Crippen LogP) is 2.97. The highest BCUT2D eigenvalue weighted by Gasteiger charge is 2.18.